The molecule has 0 aliphatic carbocycles. The Hall–Kier alpha value is -1.66. The molecule has 1 saturated heterocycles. The Balaban J connectivity index is 1.87. The molecule has 0 spiro atoms. The van der Waals surface area contributed by atoms with Gasteiger partial charge in [0.2, 0.25) is 0 Å². The van der Waals surface area contributed by atoms with Gasteiger partial charge >= 0.3 is 0 Å². The van der Waals surface area contributed by atoms with Gasteiger partial charge in [0.15, 0.2) is 11.5 Å². The molecule has 6 nitrogen and oxygen atoms in total. The molecular formula is C13H19N3O3. The van der Waals surface area contributed by atoms with Crippen molar-refractivity contribution in [1.29, 1.82) is 0 Å². The van der Waals surface area contributed by atoms with Gasteiger partial charge in [-0.3, -0.25) is 9.69 Å². The molecule has 1 aliphatic rings. The fourth-order valence-corrected chi connectivity index (χ4v) is 1.80. The zero-order valence-electron chi connectivity index (χ0n) is 11.1. The van der Waals surface area contributed by atoms with Crippen LogP contribution in [0.15, 0.2) is 22.7 Å². The number of carbonyl (C=O) groups excluding carboxylic acids is 1. The molecule has 1 N–H and O–H groups in total. The third-order valence-electron chi connectivity index (χ3n) is 2.83. The number of rotatable bonds is 5. The van der Waals surface area contributed by atoms with Gasteiger partial charge < -0.3 is 14.6 Å². The average Bonchev–Trinajstić information content (AvgIpc) is 2.85. The third-order valence-corrected chi connectivity index (χ3v) is 2.83. The van der Waals surface area contributed by atoms with Crippen LogP contribution in [0.25, 0.3) is 0 Å². The molecule has 0 radical (unpaired) electrons. The van der Waals surface area contributed by atoms with Crippen molar-refractivity contribution in [3.63, 3.8) is 0 Å². The van der Waals surface area contributed by atoms with E-state index < -0.39 is 0 Å². The Morgan fingerprint density at radius 3 is 2.95 bits per heavy atom. The van der Waals surface area contributed by atoms with E-state index in [2.05, 4.69) is 22.0 Å². The number of nitrogens with one attached hydrogen (secondary N) is 1. The molecule has 1 aliphatic heterocycles. The van der Waals surface area contributed by atoms with E-state index in [1.165, 1.54) is 0 Å². The van der Waals surface area contributed by atoms with Crippen LogP contribution in [0.1, 0.15) is 23.2 Å². The Bertz CT molecular complexity index is 450. The highest BCUT2D eigenvalue weighted by atomic mass is 16.5. The van der Waals surface area contributed by atoms with E-state index in [4.69, 9.17) is 9.26 Å². The lowest BCUT2D eigenvalue weighted by Crippen LogP contribution is -2.35. The largest absolute Gasteiger partial charge is 0.379 e. The highest BCUT2D eigenvalue weighted by Crippen LogP contribution is 2.09. The number of ether oxygens (including phenoxy) is 1. The van der Waals surface area contributed by atoms with Crippen molar-refractivity contribution in [3.8, 4) is 0 Å². The van der Waals surface area contributed by atoms with Crippen molar-refractivity contribution >= 4 is 5.91 Å². The second kappa shape index (κ2) is 6.49. The molecule has 1 aromatic heterocycles. The van der Waals surface area contributed by atoms with Crippen LogP contribution in [0.2, 0.25) is 0 Å². The summed E-state index contributed by atoms with van der Waals surface area (Å²) in [6.45, 7) is 9.90. The van der Waals surface area contributed by atoms with Crippen molar-refractivity contribution in [1.82, 2.24) is 15.4 Å². The summed E-state index contributed by atoms with van der Waals surface area (Å²) in [6.07, 6.45) is 0. The van der Waals surface area contributed by atoms with Crippen molar-refractivity contribution in [2.75, 3.05) is 32.8 Å². The molecular weight excluding hydrogens is 246 g/mol. The molecule has 1 aromatic rings. The summed E-state index contributed by atoms with van der Waals surface area (Å²) >= 11 is 0. The van der Waals surface area contributed by atoms with Crippen LogP contribution < -0.4 is 5.32 Å². The van der Waals surface area contributed by atoms with Crippen LogP contribution in [-0.4, -0.2) is 48.8 Å². The number of hydrogen-bond acceptors (Lipinski definition) is 5. The maximum atomic E-state index is 11.7. The van der Waals surface area contributed by atoms with E-state index in [1.54, 1.807) is 6.07 Å². The molecule has 0 aromatic carbocycles. The van der Waals surface area contributed by atoms with Gasteiger partial charge in [0.25, 0.3) is 5.91 Å². The van der Waals surface area contributed by atoms with Crippen LogP contribution in [0.5, 0.6) is 0 Å². The predicted molar refractivity (Wildman–Crippen MR) is 69.7 cm³/mol. The summed E-state index contributed by atoms with van der Waals surface area (Å²) in [6, 6.07) is 1.68. The average molecular weight is 265 g/mol. The Kier molecular flexibility index (Phi) is 4.70. The molecule has 2 rings (SSSR count). The Morgan fingerprint density at radius 1 is 1.53 bits per heavy atom. The van der Waals surface area contributed by atoms with Gasteiger partial charge in [-0.2, -0.15) is 0 Å². The van der Waals surface area contributed by atoms with Crippen LogP contribution in [-0.2, 0) is 11.3 Å². The molecule has 1 amide bonds. The van der Waals surface area contributed by atoms with Crippen molar-refractivity contribution in [2.45, 2.75) is 13.5 Å². The van der Waals surface area contributed by atoms with Crippen LogP contribution >= 0.6 is 0 Å². The molecule has 19 heavy (non-hydrogen) atoms. The van der Waals surface area contributed by atoms with E-state index in [9.17, 15) is 4.79 Å². The smallest absolute Gasteiger partial charge is 0.273 e. The van der Waals surface area contributed by atoms with Crippen molar-refractivity contribution in [3.05, 3.63) is 29.7 Å². The zero-order valence-corrected chi connectivity index (χ0v) is 11.1. The fourth-order valence-electron chi connectivity index (χ4n) is 1.80. The molecule has 0 bridgehead atoms. The number of aromatic nitrogens is 1. The highest BCUT2D eigenvalue weighted by Gasteiger charge is 2.16. The van der Waals surface area contributed by atoms with Crippen LogP contribution in [0.4, 0.5) is 0 Å². The van der Waals surface area contributed by atoms with Gasteiger partial charge in [-0.15, -0.1) is 0 Å². The first-order valence-electron chi connectivity index (χ1n) is 6.33. The maximum absolute atomic E-state index is 11.7. The van der Waals surface area contributed by atoms with Crippen molar-refractivity contribution < 1.29 is 14.1 Å². The summed E-state index contributed by atoms with van der Waals surface area (Å²) in [4.78, 5) is 14.0. The highest BCUT2D eigenvalue weighted by molar-refractivity contribution is 5.92. The molecule has 2 heterocycles. The van der Waals surface area contributed by atoms with E-state index >= 15 is 0 Å². The van der Waals surface area contributed by atoms with Crippen LogP contribution in [0, 0.1) is 0 Å². The number of amides is 1. The SMILES string of the molecule is C=C(C)CNC(=O)c1cc(CN2CCOCC2)on1. The summed E-state index contributed by atoms with van der Waals surface area (Å²) in [5, 5.41) is 6.51. The quantitative estimate of drug-likeness (QED) is 0.798. The Morgan fingerprint density at radius 2 is 2.26 bits per heavy atom. The minimum absolute atomic E-state index is 0.236. The van der Waals surface area contributed by atoms with E-state index in [0.717, 1.165) is 31.9 Å². The number of morpholine rings is 1. The van der Waals surface area contributed by atoms with E-state index in [1.807, 2.05) is 6.92 Å². The molecule has 0 unspecified atom stereocenters. The van der Waals surface area contributed by atoms with Gasteiger partial charge in [0, 0.05) is 25.7 Å². The van der Waals surface area contributed by atoms with E-state index in [0.29, 0.717) is 24.5 Å². The second-order valence-electron chi connectivity index (χ2n) is 4.71. The maximum Gasteiger partial charge on any atom is 0.273 e. The Labute approximate surface area is 112 Å². The number of nitrogens with zero attached hydrogens (tertiary/aromatic N) is 2. The van der Waals surface area contributed by atoms with E-state index in [-0.39, 0.29) is 5.91 Å². The lowest BCUT2D eigenvalue weighted by Gasteiger charge is -2.25. The molecule has 0 atom stereocenters. The van der Waals surface area contributed by atoms with Crippen LogP contribution in [0.3, 0.4) is 0 Å². The van der Waals surface area contributed by atoms with Gasteiger partial charge in [-0.05, 0) is 6.92 Å². The third kappa shape index (κ3) is 4.18. The second-order valence-corrected chi connectivity index (χ2v) is 4.71. The topological polar surface area (TPSA) is 67.6 Å². The number of carbonyl (C=O) groups is 1. The normalized spacial score (nSPS) is 16.3. The van der Waals surface area contributed by atoms with Gasteiger partial charge in [-0.1, -0.05) is 17.3 Å². The minimum atomic E-state index is -0.236. The van der Waals surface area contributed by atoms with Gasteiger partial charge in [0.05, 0.1) is 19.8 Å². The summed E-state index contributed by atoms with van der Waals surface area (Å²) in [5.41, 5.74) is 1.20. The first kappa shape index (κ1) is 13.8. The van der Waals surface area contributed by atoms with Gasteiger partial charge in [0.1, 0.15) is 0 Å². The van der Waals surface area contributed by atoms with Crippen molar-refractivity contribution in [2.24, 2.45) is 0 Å². The van der Waals surface area contributed by atoms with Gasteiger partial charge in [-0.25, -0.2) is 0 Å². The lowest BCUT2D eigenvalue weighted by molar-refractivity contribution is 0.0305. The predicted octanol–water partition coefficient (Wildman–Crippen LogP) is 0.813. The summed E-state index contributed by atoms with van der Waals surface area (Å²) in [5.74, 6) is 0.461. The fraction of sp³-hybridized carbons (Fsp3) is 0.538. The number of hydrogen-bond donors (Lipinski definition) is 1. The summed E-state index contributed by atoms with van der Waals surface area (Å²) in [7, 11) is 0. The minimum Gasteiger partial charge on any atom is -0.379 e. The standard InChI is InChI=1S/C13H19N3O3/c1-10(2)8-14-13(17)12-7-11(19-15-12)9-16-3-5-18-6-4-16/h7H,1,3-6,8-9H2,2H3,(H,14,17). The molecule has 0 saturated carbocycles. The summed E-state index contributed by atoms with van der Waals surface area (Å²) < 4.78 is 10.5. The molecule has 104 valence electrons. The monoisotopic (exact) mass is 265 g/mol. The molecule has 6 heteroatoms. The zero-order chi connectivity index (χ0) is 13.7. The molecule has 1 fully saturated rings. The lowest BCUT2D eigenvalue weighted by atomic mass is 10.3. The first-order chi connectivity index (χ1) is 9.15. The first-order valence-corrected chi connectivity index (χ1v) is 6.33.